The van der Waals surface area contributed by atoms with Crippen LogP contribution in [-0.4, -0.2) is 38.5 Å². The predicted octanol–water partition coefficient (Wildman–Crippen LogP) is 2.35. The summed E-state index contributed by atoms with van der Waals surface area (Å²) in [4.78, 5) is 0. The van der Waals surface area contributed by atoms with E-state index >= 15 is 0 Å². The number of rotatable bonds is 8. The molecule has 3 heteroatoms. The predicted molar refractivity (Wildman–Crippen MR) is 66.8 cm³/mol. The van der Waals surface area contributed by atoms with Gasteiger partial charge in [-0.15, -0.1) is 0 Å². The van der Waals surface area contributed by atoms with Crippen LogP contribution in [0.4, 0.5) is 0 Å². The molecule has 1 rings (SSSR count). The Kier molecular flexibility index (Phi) is 7.81. The van der Waals surface area contributed by atoms with Crippen LogP contribution in [-0.2, 0) is 9.47 Å². The summed E-state index contributed by atoms with van der Waals surface area (Å²) >= 11 is 0. The molecular weight excluding hydrogens is 202 g/mol. The van der Waals surface area contributed by atoms with Crippen LogP contribution >= 0.6 is 0 Å². The van der Waals surface area contributed by atoms with Crippen LogP contribution in [0.2, 0.25) is 0 Å². The first kappa shape index (κ1) is 13.9. The first-order valence-corrected chi connectivity index (χ1v) is 6.79. The molecule has 0 amide bonds. The fraction of sp³-hybridized carbons (Fsp3) is 1.00. The highest BCUT2D eigenvalue weighted by Gasteiger charge is 2.16. The lowest BCUT2D eigenvalue weighted by Crippen LogP contribution is -2.36. The summed E-state index contributed by atoms with van der Waals surface area (Å²) in [5.41, 5.74) is 0. The largest absolute Gasteiger partial charge is 0.381 e. The van der Waals surface area contributed by atoms with E-state index in [-0.39, 0.29) is 0 Å². The molecular formula is C13H27NO2. The lowest BCUT2D eigenvalue weighted by atomic mass is 10.1. The number of nitrogens with one attached hydrogen (secondary N) is 1. The Balaban J connectivity index is 2.14. The molecule has 0 aromatic heterocycles. The molecule has 0 aromatic rings. The van der Waals surface area contributed by atoms with Crippen molar-refractivity contribution < 1.29 is 9.47 Å². The summed E-state index contributed by atoms with van der Waals surface area (Å²) in [5.74, 6) is 0. The van der Waals surface area contributed by atoms with Crippen molar-refractivity contribution in [3.8, 4) is 0 Å². The second-order valence-electron chi connectivity index (χ2n) is 4.58. The summed E-state index contributed by atoms with van der Waals surface area (Å²) in [6, 6.07) is 0.535. The lowest BCUT2D eigenvalue weighted by Gasteiger charge is -2.25. The molecule has 1 aliphatic heterocycles. The summed E-state index contributed by atoms with van der Waals surface area (Å²) < 4.78 is 11.3. The summed E-state index contributed by atoms with van der Waals surface area (Å²) in [6.45, 7) is 8.13. The third-order valence-corrected chi connectivity index (χ3v) is 3.02. The van der Waals surface area contributed by atoms with Crippen molar-refractivity contribution in [2.45, 2.75) is 58.1 Å². The molecule has 0 saturated carbocycles. The van der Waals surface area contributed by atoms with Crippen molar-refractivity contribution in [3.05, 3.63) is 0 Å². The molecule has 1 atom stereocenters. The minimum absolute atomic E-state index is 0.427. The van der Waals surface area contributed by atoms with E-state index in [4.69, 9.17) is 9.47 Å². The van der Waals surface area contributed by atoms with Gasteiger partial charge in [0.15, 0.2) is 0 Å². The van der Waals surface area contributed by atoms with E-state index in [1.807, 2.05) is 0 Å². The molecule has 1 heterocycles. The van der Waals surface area contributed by atoms with E-state index in [1.54, 1.807) is 0 Å². The molecule has 1 unspecified atom stereocenters. The van der Waals surface area contributed by atoms with Gasteiger partial charge in [0.05, 0.1) is 12.7 Å². The number of hydrogen-bond acceptors (Lipinski definition) is 3. The maximum Gasteiger partial charge on any atom is 0.0623 e. The maximum atomic E-state index is 5.95. The SMILES string of the molecule is CCCNC(CCC)COC1CCOCC1. The second kappa shape index (κ2) is 8.97. The average Bonchev–Trinajstić information content (AvgIpc) is 2.34. The number of hydrogen-bond donors (Lipinski definition) is 1. The van der Waals surface area contributed by atoms with E-state index in [1.165, 1.54) is 19.3 Å². The van der Waals surface area contributed by atoms with E-state index < -0.39 is 0 Å². The van der Waals surface area contributed by atoms with E-state index in [0.29, 0.717) is 12.1 Å². The lowest BCUT2D eigenvalue weighted by molar-refractivity contribution is -0.0386. The van der Waals surface area contributed by atoms with E-state index in [0.717, 1.165) is 39.2 Å². The fourth-order valence-corrected chi connectivity index (χ4v) is 2.04. The topological polar surface area (TPSA) is 30.5 Å². The molecule has 0 spiro atoms. The van der Waals surface area contributed by atoms with Gasteiger partial charge in [0.2, 0.25) is 0 Å². The molecule has 0 bridgehead atoms. The summed E-state index contributed by atoms with van der Waals surface area (Å²) in [6.07, 6.45) is 6.18. The Labute approximate surface area is 99.9 Å². The molecule has 1 saturated heterocycles. The molecule has 0 radical (unpaired) electrons. The zero-order chi connectivity index (χ0) is 11.6. The molecule has 1 N–H and O–H groups in total. The van der Waals surface area contributed by atoms with Crippen molar-refractivity contribution in [3.63, 3.8) is 0 Å². The summed E-state index contributed by atoms with van der Waals surface area (Å²) in [5, 5.41) is 3.55. The average molecular weight is 229 g/mol. The van der Waals surface area contributed by atoms with Gasteiger partial charge < -0.3 is 14.8 Å². The van der Waals surface area contributed by atoms with Gasteiger partial charge in [0, 0.05) is 19.3 Å². The van der Waals surface area contributed by atoms with Crippen LogP contribution in [0.3, 0.4) is 0 Å². The van der Waals surface area contributed by atoms with Gasteiger partial charge in [-0.1, -0.05) is 20.3 Å². The standard InChI is InChI=1S/C13H27NO2/c1-3-5-12(14-8-4-2)11-16-13-6-9-15-10-7-13/h12-14H,3-11H2,1-2H3. The fourth-order valence-electron chi connectivity index (χ4n) is 2.04. The Hall–Kier alpha value is -0.120. The molecule has 1 fully saturated rings. The van der Waals surface area contributed by atoms with Gasteiger partial charge in [-0.3, -0.25) is 0 Å². The van der Waals surface area contributed by atoms with Gasteiger partial charge in [-0.25, -0.2) is 0 Å². The Morgan fingerprint density at radius 1 is 1.25 bits per heavy atom. The van der Waals surface area contributed by atoms with Crippen LogP contribution in [0, 0.1) is 0 Å². The van der Waals surface area contributed by atoms with Crippen LogP contribution < -0.4 is 5.32 Å². The van der Waals surface area contributed by atoms with Crippen molar-refractivity contribution in [1.82, 2.24) is 5.32 Å². The van der Waals surface area contributed by atoms with Gasteiger partial charge >= 0.3 is 0 Å². The smallest absolute Gasteiger partial charge is 0.0623 e. The zero-order valence-electron chi connectivity index (χ0n) is 10.8. The van der Waals surface area contributed by atoms with Gasteiger partial charge in [0.1, 0.15) is 0 Å². The zero-order valence-corrected chi connectivity index (χ0v) is 10.8. The molecule has 0 aromatic carbocycles. The van der Waals surface area contributed by atoms with E-state index in [2.05, 4.69) is 19.2 Å². The summed E-state index contributed by atoms with van der Waals surface area (Å²) in [7, 11) is 0. The Morgan fingerprint density at radius 3 is 2.62 bits per heavy atom. The Bertz CT molecular complexity index is 158. The molecule has 96 valence electrons. The minimum Gasteiger partial charge on any atom is -0.381 e. The van der Waals surface area contributed by atoms with Gasteiger partial charge in [-0.2, -0.15) is 0 Å². The Morgan fingerprint density at radius 2 is 2.00 bits per heavy atom. The van der Waals surface area contributed by atoms with E-state index in [9.17, 15) is 0 Å². The van der Waals surface area contributed by atoms with Crippen molar-refractivity contribution in [2.24, 2.45) is 0 Å². The van der Waals surface area contributed by atoms with Crippen LogP contribution in [0.1, 0.15) is 46.0 Å². The third kappa shape index (κ3) is 5.83. The minimum atomic E-state index is 0.427. The second-order valence-corrected chi connectivity index (χ2v) is 4.58. The molecule has 16 heavy (non-hydrogen) atoms. The van der Waals surface area contributed by atoms with Crippen molar-refractivity contribution in [1.29, 1.82) is 0 Å². The third-order valence-electron chi connectivity index (χ3n) is 3.02. The highest BCUT2D eigenvalue weighted by Crippen LogP contribution is 2.11. The maximum absolute atomic E-state index is 5.95. The first-order chi connectivity index (χ1) is 7.86. The van der Waals surface area contributed by atoms with Crippen molar-refractivity contribution >= 4 is 0 Å². The van der Waals surface area contributed by atoms with Gasteiger partial charge in [-0.05, 0) is 32.2 Å². The quantitative estimate of drug-likeness (QED) is 0.693. The van der Waals surface area contributed by atoms with Crippen LogP contribution in [0.5, 0.6) is 0 Å². The highest BCUT2D eigenvalue weighted by molar-refractivity contribution is 4.68. The van der Waals surface area contributed by atoms with Crippen molar-refractivity contribution in [2.75, 3.05) is 26.4 Å². The van der Waals surface area contributed by atoms with Crippen LogP contribution in [0.15, 0.2) is 0 Å². The highest BCUT2D eigenvalue weighted by atomic mass is 16.5. The van der Waals surface area contributed by atoms with Gasteiger partial charge in [0.25, 0.3) is 0 Å². The molecule has 0 aliphatic carbocycles. The molecule has 1 aliphatic rings. The monoisotopic (exact) mass is 229 g/mol. The van der Waals surface area contributed by atoms with Crippen LogP contribution in [0.25, 0.3) is 0 Å². The first-order valence-electron chi connectivity index (χ1n) is 6.79. The normalized spacial score (nSPS) is 19.9. The number of ether oxygens (including phenoxy) is 2. The molecule has 3 nitrogen and oxygen atoms in total.